The van der Waals surface area contributed by atoms with E-state index in [0.29, 0.717) is 0 Å². The molecule has 4 N–H and O–H groups in total. The zero-order valence-corrected chi connectivity index (χ0v) is 7.55. The predicted molar refractivity (Wildman–Crippen MR) is 47.2 cm³/mol. The maximum atomic E-state index is 11.0. The summed E-state index contributed by atoms with van der Waals surface area (Å²) in [6, 6.07) is 0. The average Bonchev–Trinajstić information content (AvgIpc) is 2.06. The molecule has 1 amide bonds. The average molecular weight is 171 g/mol. The molecule has 1 saturated heterocycles. The van der Waals surface area contributed by atoms with Crippen LogP contribution in [-0.4, -0.2) is 29.6 Å². The minimum Gasteiger partial charge on any atom is -0.367 e. The van der Waals surface area contributed by atoms with Gasteiger partial charge in [-0.1, -0.05) is 6.42 Å². The van der Waals surface area contributed by atoms with Crippen LogP contribution in [0.3, 0.4) is 0 Å². The normalized spacial score (nSPS) is 24.8. The molecule has 0 bridgehead atoms. The van der Waals surface area contributed by atoms with Gasteiger partial charge in [0.25, 0.3) is 5.91 Å². The van der Waals surface area contributed by atoms with Crippen molar-refractivity contribution >= 4 is 5.91 Å². The molecule has 0 spiro atoms. The molecule has 1 rings (SSSR count). The van der Waals surface area contributed by atoms with E-state index in [1.165, 1.54) is 6.42 Å². The quantitative estimate of drug-likeness (QED) is 0.595. The highest BCUT2D eigenvalue weighted by molar-refractivity contribution is 5.83. The Kier molecular flexibility index (Phi) is 2.69. The van der Waals surface area contributed by atoms with Crippen LogP contribution in [0.15, 0.2) is 0 Å². The fourth-order valence-corrected chi connectivity index (χ4v) is 1.51. The van der Waals surface area contributed by atoms with Crippen molar-refractivity contribution in [1.29, 1.82) is 0 Å². The number of amides is 1. The van der Waals surface area contributed by atoms with Gasteiger partial charge in [0, 0.05) is 13.1 Å². The highest BCUT2D eigenvalue weighted by atomic mass is 16.2. The molecule has 4 heteroatoms. The van der Waals surface area contributed by atoms with E-state index >= 15 is 0 Å². The van der Waals surface area contributed by atoms with Gasteiger partial charge in [0.15, 0.2) is 0 Å². The van der Waals surface area contributed by atoms with E-state index < -0.39 is 11.6 Å². The topological polar surface area (TPSA) is 72.3 Å². The summed E-state index contributed by atoms with van der Waals surface area (Å²) in [6.07, 6.45) is 3.45. The maximum absolute atomic E-state index is 11.0. The van der Waals surface area contributed by atoms with E-state index in [1.54, 1.807) is 6.92 Å². The lowest BCUT2D eigenvalue weighted by atomic mass is 10.1. The molecule has 1 heterocycles. The first kappa shape index (κ1) is 9.48. The van der Waals surface area contributed by atoms with Crippen LogP contribution in [0.4, 0.5) is 0 Å². The first-order valence-electron chi connectivity index (χ1n) is 4.39. The Balaban J connectivity index is 2.59. The molecule has 0 aromatic heterocycles. The lowest BCUT2D eigenvalue weighted by Gasteiger charge is -2.37. The van der Waals surface area contributed by atoms with Gasteiger partial charge in [-0.2, -0.15) is 0 Å². The molecule has 12 heavy (non-hydrogen) atoms. The Labute approximate surface area is 72.9 Å². The number of carbonyl (C=O) groups excluding carboxylic acids is 1. The first-order chi connectivity index (χ1) is 5.55. The predicted octanol–water partition coefficient (Wildman–Crippen LogP) is -0.368. The van der Waals surface area contributed by atoms with Gasteiger partial charge in [-0.15, -0.1) is 0 Å². The third-order valence-electron chi connectivity index (χ3n) is 2.51. The van der Waals surface area contributed by atoms with Crippen LogP contribution >= 0.6 is 0 Å². The van der Waals surface area contributed by atoms with Gasteiger partial charge in [0.05, 0.1) is 0 Å². The van der Waals surface area contributed by atoms with Gasteiger partial charge in [-0.25, -0.2) is 0 Å². The number of primary amides is 1. The molecular formula is C8H17N3O. The summed E-state index contributed by atoms with van der Waals surface area (Å²) < 4.78 is 0. The number of carbonyl (C=O) groups is 1. The van der Waals surface area contributed by atoms with E-state index in [4.69, 9.17) is 11.5 Å². The first-order valence-corrected chi connectivity index (χ1v) is 4.39. The number of likely N-dealkylation sites (tertiary alicyclic amines) is 1. The van der Waals surface area contributed by atoms with Crippen molar-refractivity contribution in [1.82, 2.24) is 4.90 Å². The van der Waals surface area contributed by atoms with Gasteiger partial charge < -0.3 is 11.5 Å². The number of nitrogens with two attached hydrogens (primary N) is 2. The van der Waals surface area contributed by atoms with E-state index in [-0.39, 0.29) is 0 Å². The summed E-state index contributed by atoms with van der Waals surface area (Å²) in [6.45, 7) is 3.45. The Hall–Kier alpha value is -0.610. The van der Waals surface area contributed by atoms with Gasteiger partial charge >= 0.3 is 0 Å². The molecule has 4 nitrogen and oxygen atoms in total. The Bertz CT molecular complexity index is 173. The molecule has 0 aromatic rings. The zero-order chi connectivity index (χ0) is 9.19. The highest BCUT2D eigenvalue weighted by Crippen LogP contribution is 2.15. The standard InChI is InChI=1S/C8H17N3O/c1-8(10,7(9)12)11-5-3-2-4-6-11/h2-6,10H2,1H3,(H2,9,12). The monoisotopic (exact) mass is 171 g/mol. The second-order valence-corrected chi connectivity index (χ2v) is 3.56. The summed E-state index contributed by atoms with van der Waals surface area (Å²) in [4.78, 5) is 12.9. The summed E-state index contributed by atoms with van der Waals surface area (Å²) >= 11 is 0. The molecule has 0 aromatic carbocycles. The van der Waals surface area contributed by atoms with Crippen LogP contribution in [0, 0.1) is 0 Å². The van der Waals surface area contributed by atoms with Crippen LogP contribution in [0.1, 0.15) is 26.2 Å². The molecule has 1 unspecified atom stereocenters. The van der Waals surface area contributed by atoms with Gasteiger partial charge in [0.1, 0.15) is 5.66 Å². The van der Waals surface area contributed by atoms with Crippen molar-refractivity contribution in [3.05, 3.63) is 0 Å². The fraction of sp³-hybridized carbons (Fsp3) is 0.875. The minimum absolute atomic E-state index is 0.440. The SMILES string of the molecule is CC(N)(C(N)=O)N1CCCCC1. The molecule has 0 aliphatic carbocycles. The molecular weight excluding hydrogens is 154 g/mol. The number of piperidine rings is 1. The lowest BCUT2D eigenvalue weighted by Crippen LogP contribution is -2.63. The van der Waals surface area contributed by atoms with Crippen LogP contribution in [0.2, 0.25) is 0 Å². The largest absolute Gasteiger partial charge is 0.367 e. The second-order valence-electron chi connectivity index (χ2n) is 3.56. The Morgan fingerprint density at radius 3 is 2.25 bits per heavy atom. The van der Waals surface area contributed by atoms with Crippen molar-refractivity contribution in [3.63, 3.8) is 0 Å². The van der Waals surface area contributed by atoms with Gasteiger partial charge in [-0.05, 0) is 19.8 Å². The summed E-state index contributed by atoms with van der Waals surface area (Å²) in [5, 5.41) is 0. The number of nitrogens with zero attached hydrogens (tertiary/aromatic N) is 1. The van der Waals surface area contributed by atoms with E-state index in [2.05, 4.69) is 0 Å². The molecule has 1 aliphatic heterocycles. The van der Waals surface area contributed by atoms with Crippen LogP contribution < -0.4 is 11.5 Å². The third kappa shape index (κ3) is 1.76. The smallest absolute Gasteiger partial charge is 0.252 e. The van der Waals surface area contributed by atoms with Crippen LogP contribution in [0.5, 0.6) is 0 Å². The molecule has 0 saturated carbocycles. The van der Waals surface area contributed by atoms with Gasteiger partial charge in [-0.3, -0.25) is 9.69 Å². The van der Waals surface area contributed by atoms with Crippen molar-refractivity contribution in [2.45, 2.75) is 31.8 Å². The summed E-state index contributed by atoms with van der Waals surface area (Å²) in [7, 11) is 0. The van der Waals surface area contributed by atoms with Crippen LogP contribution in [-0.2, 0) is 4.79 Å². The van der Waals surface area contributed by atoms with E-state index in [0.717, 1.165) is 25.9 Å². The van der Waals surface area contributed by atoms with E-state index in [1.807, 2.05) is 4.90 Å². The number of hydrogen-bond donors (Lipinski definition) is 2. The second kappa shape index (κ2) is 3.41. The molecule has 1 atom stereocenters. The zero-order valence-electron chi connectivity index (χ0n) is 7.55. The molecule has 0 radical (unpaired) electrons. The van der Waals surface area contributed by atoms with Crippen molar-refractivity contribution in [2.75, 3.05) is 13.1 Å². The highest BCUT2D eigenvalue weighted by Gasteiger charge is 2.33. The minimum atomic E-state index is -0.958. The fourth-order valence-electron chi connectivity index (χ4n) is 1.51. The number of rotatable bonds is 2. The Morgan fingerprint density at radius 2 is 1.83 bits per heavy atom. The summed E-state index contributed by atoms with van der Waals surface area (Å²) in [5.74, 6) is -0.440. The van der Waals surface area contributed by atoms with E-state index in [9.17, 15) is 4.79 Å². The summed E-state index contributed by atoms with van der Waals surface area (Å²) in [5.41, 5.74) is 10.0. The van der Waals surface area contributed by atoms with Crippen molar-refractivity contribution < 1.29 is 4.79 Å². The third-order valence-corrected chi connectivity index (χ3v) is 2.51. The molecule has 1 fully saturated rings. The molecule has 1 aliphatic rings. The van der Waals surface area contributed by atoms with Crippen molar-refractivity contribution in [3.8, 4) is 0 Å². The van der Waals surface area contributed by atoms with Crippen LogP contribution in [0.25, 0.3) is 0 Å². The molecule has 70 valence electrons. The van der Waals surface area contributed by atoms with Gasteiger partial charge in [0.2, 0.25) is 0 Å². The maximum Gasteiger partial charge on any atom is 0.252 e. The van der Waals surface area contributed by atoms with Crippen molar-refractivity contribution in [2.24, 2.45) is 11.5 Å². The lowest BCUT2D eigenvalue weighted by molar-refractivity contribution is -0.129. The number of hydrogen-bond acceptors (Lipinski definition) is 3. The Morgan fingerprint density at radius 1 is 1.33 bits per heavy atom.